The average molecular weight is 380 g/mol. The zero-order valence-corrected chi connectivity index (χ0v) is 10.0. The third kappa shape index (κ3) is 2.42. The molecule has 3 unspecified atom stereocenters. The third-order valence-corrected chi connectivity index (χ3v) is 2.90. The van der Waals surface area contributed by atoms with Crippen molar-refractivity contribution in [3.63, 3.8) is 0 Å². The molecule has 62 valence electrons. The van der Waals surface area contributed by atoms with E-state index in [9.17, 15) is 0 Å². The molecule has 0 amide bonds. The second-order valence-corrected chi connectivity index (χ2v) is 3.31. The van der Waals surface area contributed by atoms with Crippen molar-refractivity contribution < 1.29 is 10.9 Å². The Labute approximate surface area is 95.3 Å². The molecule has 1 heterocycles. The first-order valence-electron chi connectivity index (χ1n) is 3.20. The van der Waals surface area contributed by atoms with Gasteiger partial charge in [-0.3, -0.25) is 0 Å². The minimum absolute atomic E-state index is 0.0149. The van der Waals surface area contributed by atoms with Gasteiger partial charge >= 0.3 is 0 Å². The van der Waals surface area contributed by atoms with Crippen molar-refractivity contribution in [2.24, 2.45) is 0 Å². The molecule has 0 saturated carbocycles. The van der Waals surface area contributed by atoms with Gasteiger partial charge in [-0.25, -0.2) is 0 Å². The average Bonchev–Trinajstić information content (AvgIpc) is 2.45. The summed E-state index contributed by atoms with van der Waals surface area (Å²) in [6.45, 7) is 0.568. The van der Waals surface area contributed by atoms with E-state index in [2.05, 4.69) is 0 Å². The summed E-state index contributed by atoms with van der Waals surface area (Å²) in [6.07, 6.45) is 0.440. The van der Waals surface area contributed by atoms with E-state index in [0.717, 1.165) is 0 Å². The highest BCUT2D eigenvalue weighted by atomic mass is 127. The maximum Gasteiger partial charge on any atom is 0.125 e. The second kappa shape index (κ2) is 5.20. The predicted octanol–water partition coefficient (Wildman–Crippen LogP) is 1.44. The van der Waals surface area contributed by atoms with E-state index in [4.69, 9.17) is 18.7 Å². The quantitative estimate of drug-likeness (QED) is 0.549. The summed E-state index contributed by atoms with van der Waals surface area (Å²) in [4.78, 5) is 0. The smallest absolute Gasteiger partial charge is 0.125 e. The van der Waals surface area contributed by atoms with E-state index in [0.29, 0.717) is 12.9 Å². The van der Waals surface area contributed by atoms with Crippen LogP contribution in [-0.4, -0.2) is 32.8 Å². The predicted molar refractivity (Wildman–Crippen MR) is 58.1 cm³/mol. The standard InChI is InChI=1S/C5H7BI2O3/c6-1-3-5(11-8)4(10-7)2-9-3/h3-5H,1-2H2. The van der Waals surface area contributed by atoms with Crippen LogP contribution in [0, 0.1) is 0 Å². The Morgan fingerprint density at radius 1 is 1.45 bits per heavy atom. The normalized spacial score (nSPS) is 37.8. The van der Waals surface area contributed by atoms with Crippen molar-refractivity contribution in [3.05, 3.63) is 0 Å². The van der Waals surface area contributed by atoms with Crippen molar-refractivity contribution in [3.8, 4) is 0 Å². The van der Waals surface area contributed by atoms with E-state index in [1.807, 2.05) is 46.0 Å². The van der Waals surface area contributed by atoms with Gasteiger partial charge in [0.2, 0.25) is 0 Å². The SMILES string of the molecule is [B]CC1OCC(OI)C1OI. The molecule has 0 aromatic rings. The fourth-order valence-corrected chi connectivity index (χ4v) is 2.13. The van der Waals surface area contributed by atoms with Crippen LogP contribution in [0.4, 0.5) is 0 Å². The summed E-state index contributed by atoms with van der Waals surface area (Å²) in [7, 11) is 5.45. The van der Waals surface area contributed by atoms with Crippen LogP contribution in [0.5, 0.6) is 0 Å². The number of rotatable bonds is 3. The van der Waals surface area contributed by atoms with Gasteiger partial charge in [0.05, 0.1) is 20.6 Å². The molecule has 6 heteroatoms. The van der Waals surface area contributed by atoms with Crippen LogP contribution >= 0.6 is 46.0 Å². The van der Waals surface area contributed by atoms with E-state index >= 15 is 0 Å². The third-order valence-electron chi connectivity index (χ3n) is 1.66. The van der Waals surface area contributed by atoms with Crippen LogP contribution < -0.4 is 0 Å². The molecule has 1 fully saturated rings. The van der Waals surface area contributed by atoms with Crippen LogP contribution in [0.15, 0.2) is 0 Å². The Kier molecular flexibility index (Phi) is 4.96. The van der Waals surface area contributed by atoms with Gasteiger partial charge in [-0.2, -0.15) is 0 Å². The van der Waals surface area contributed by atoms with Crippen LogP contribution in [0.3, 0.4) is 0 Å². The maximum absolute atomic E-state index is 5.45. The van der Waals surface area contributed by atoms with Gasteiger partial charge in [-0.05, 0) is 0 Å². The molecule has 1 aliphatic heterocycles. The first-order valence-corrected chi connectivity index (χ1v) is 4.96. The maximum atomic E-state index is 5.45. The zero-order chi connectivity index (χ0) is 8.27. The van der Waals surface area contributed by atoms with Crippen molar-refractivity contribution in [2.75, 3.05) is 6.61 Å². The fraction of sp³-hybridized carbons (Fsp3) is 1.00. The summed E-state index contributed by atoms with van der Waals surface area (Å²) in [5.41, 5.74) is 0. The zero-order valence-electron chi connectivity index (χ0n) is 5.70. The lowest BCUT2D eigenvalue weighted by atomic mass is 9.95. The van der Waals surface area contributed by atoms with E-state index < -0.39 is 0 Å². The Balaban J connectivity index is 2.48. The fourth-order valence-electron chi connectivity index (χ4n) is 1.04. The molecule has 1 saturated heterocycles. The molecule has 0 spiro atoms. The first-order chi connectivity index (χ1) is 5.33. The highest BCUT2D eigenvalue weighted by Crippen LogP contribution is 2.25. The lowest BCUT2D eigenvalue weighted by Crippen LogP contribution is -2.30. The summed E-state index contributed by atoms with van der Waals surface area (Å²) in [5.74, 6) is 0. The first kappa shape index (κ1) is 10.5. The van der Waals surface area contributed by atoms with Crippen LogP contribution in [0.2, 0.25) is 6.32 Å². The van der Waals surface area contributed by atoms with Crippen LogP contribution in [-0.2, 0) is 10.9 Å². The molecule has 11 heavy (non-hydrogen) atoms. The summed E-state index contributed by atoms with van der Waals surface area (Å²) < 4.78 is 15.6. The highest BCUT2D eigenvalue weighted by Gasteiger charge is 2.37. The Bertz CT molecular complexity index is 114. The lowest BCUT2D eigenvalue weighted by molar-refractivity contribution is 0.0844. The van der Waals surface area contributed by atoms with Gasteiger partial charge in [0.25, 0.3) is 0 Å². The van der Waals surface area contributed by atoms with Gasteiger partial charge in [0.1, 0.15) is 58.2 Å². The molecule has 1 rings (SSSR count). The monoisotopic (exact) mass is 380 g/mol. The van der Waals surface area contributed by atoms with Gasteiger partial charge in [-0.15, -0.1) is 0 Å². The Morgan fingerprint density at radius 2 is 2.18 bits per heavy atom. The molecular weight excluding hydrogens is 373 g/mol. The molecule has 0 aromatic carbocycles. The van der Waals surface area contributed by atoms with Gasteiger partial charge < -0.3 is 10.9 Å². The van der Waals surface area contributed by atoms with E-state index in [1.165, 1.54) is 0 Å². The van der Waals surface area contributed by atoms with Crippen LogP contribution in [0.1, 0.15) is 0 Å². The summed E-state index contributed by atoms with van der Waals surface area (Å²) in [5, 5.41) is 0. The lowest BCUT2D eigenvalue weighted by Gasteiger charge is -2.16. The molecule has 3 nitrogen and oxygen atoms in total. The summed E-state index contributed by atoms with van der Waals surface area (Å²) >= 11 is 3.70. The minimum Gasteiger partial charge on any atom is -0.373 e. The van der Waals surface area contributed by atoms with Gasteiger partial charge in [-0.1, -0.05) is 6.32 Å². The van der Waals surface area contributed by atoms with Crippen molar-refractivity contribution in [2.45, 2.75) is 24.6 Å². The molecule has 3 atom stereocenters. The number of halogens is 2. The molecule has 2 radical (unpaired) electrons. The number of hydrogen-bond acceptors (Lipinski definition) is 3. The van der Waals surface area contributed by atoms with Crippen molar-refractivity contribution in [1.29, 1.82) is 0 Å². The Morgan fingerprint density at radius 3 is 2.64 bits per heavy atom. The molecule has 0 aromatic heterocycles. The molecule has 0 N–H and O–H groups in total. The van der Waals surface area contributed by atoms with Gasteiger partial charge in [0, 0.05) is 0 Å². The topological polar surface area (TPSA) is 27.7 Å². The van der Waals surface area contributed by atoms with Crippen LogP contribution in [0.25, 0.3) is 0 Å². The second-order valence-electron chi connectivity index (χ2n) is 2.29. The minimum atomic E-state index is -0.0301. The van der Waals surface area contributed by atoms with Crippen molar-refractivity contribution in [1.82, 2.24) is 0 Å². The summed E-state index contributed by atoms with van der Waals surface area (Å²) in [6, 6.07) is 0. The van der Waals surface area contributed by atoms with Gasteiger partial charge in [0.15, 0.2) is 0 Å². The Hall–Kier alpha value is 1.40. The number of hydrogen-bond donors (Lipinski definition) is 0. The van der Waals surface area contributed by atoms with E-state index in [-0.39, 0.29) is 18.3 Å². The molecule has 1 aliphatic rings. The largest absolute Gasteiger partial charge is 0.373 e. The van der Waals surface area contributed by atoms with Crippen molar-refractivity contribution >= 4 is 53.9 Å². The highest BCUT2D eigenvalue weighted by molar-refractivity contribution is 14.1. The van der Waals surface area contributed by atoms with E-state index in [1.54, 1.807) is 0 Å². The molecular formula is C5H7BI2O3. The molecule has 0 aliphatic carbocycles. The number of ether oxygens (including phenoxy) is 1. The molecule has 0 bridgehead atoms.